The van der Waals surface area contributed by atoms with Crippen molar-refractivity contribution in [3.8, 4) is 0 Å². The Morgan fingerprint density at radius 3 is 2.75 bits per heavy atom. The van der Waals surface area contributed by atoms with E-state index >= 15 is 0 Å². The van der Waals surface area contributed by atoms with Gasteiger partial charge in [-0.15, -0.1) is 0 Å². The lowest BCUT2D eigenvalue weighted by Gasteiger charge is -2.29. The highest BCUT2D eigenvalue weighted by Crippen LogP contribution is 2.34. The van der Waals surface area contributed by atoms with Crippen LogP contribution in [0.5, 0.6) is 0 Å². The van der Waals surface area contributed by atoms with Gasteiger partial charge in [-0.05, 0) is 51.8 Å². The summed E-state index contributed by atoms with van der Waals surface area (Å²) in [7, 11) is 2.09. The normalized spacial score (nSPS) is 20.2. The molecule has 0 saturated heterocycles. The third-order valence-electron chi connectivity index (χ3n) is 3.84. The van der Waals surface area contributed by atoms with Crippen LogP contribution >= 0.6 is 0 Å². The van der Waals surface area contributed by atoms with Crippen LogP contribution in [0, 0.1) is 0 Å². The molecule has 2 rings (SSSR count). The average molecular weight is 277 g/mol. The van der Waals surface area contributed by atoms with Gasteiger partial charge in [-0.25, -0.2) is 0 Å². The van der Waals surface area contributed by atoms with Gasteiger partial charge in [-0.3, -0.25) is 4.90 Å². The quantitative estimate of drug-likeness (QED) is 0.898. The Labute approximate surface area is 122 Å². The predicted molar refractivity (Wildman–Crippen MR) is 81.8 cm³/mol. The van der Waals surface area contributed by atoms with Gasteiger partial charge in [0.2, 0.25) is 0 Å². The molecular weight excluding hydrogens is 250 g/mol. The molecule has 1 N–H and O–H groups in total. The number of aryl methyl sites for hydroxylation is 1. The van der Waals surface area contributed by atoms with Crippen molar-refractivity contribution in [2.45, 2.75) is 51.4 Å². The van der Waals surface area contributed by atoms with E-state index in [9.17, 15) is 5.11 Å². The number of fused-ring (bicyclic) bond motifs is 1. The number of benzene rings is 1. The first-order valence-corrected chi connectivity index (χ1v) is 7.47. The Hall–Kier alpha value is -0.900. The van der Waals surface area contributed by atoms with Gasteiger partial charge < -0.3 is 9.84 Å². The maximum atomic E-state index is 10.1. The second-order valence-corrected chi connectivity index (χ2v) is 6.77. The first-order valence-electron chi connectivity index (χ1n) is 7.47. The van der Waals surface area contributed by atoms with Crippen LogP contribution in [-0.4, -0.2) is 41.9 Å². The van der Waals surface area contributed by atoms with E-state index in [1.807, 2.05) is 20.8 Å². The van der Waals surface area contributed by atoms with Crippen LogP contribution in [0.1, 0.15) is 44.4 Å². The third kappa shape index (κ3) is 4.05. The van der Waals surface area contributed by atoms with E-state index < -0.39 is 6.10 Å². The molecule has 1 aromatic rings. The highest BCUT2D eigenvalue weighted by Gasteiger charge is 2.26. The number of rotatable bonds is 5. The SMILES string of the molecule is CN(CC(O)COC(C)(C)C)C1CCc2ccccc21. The molecule has 0 radical (unpaired) electrons. The van der Waals surface area contributed by atoms with Crippen molar-refractivity contribution in [1.82, 2.24) is 4.90 Å². The fourth-order valence-electron chi connectivity index (χ4n) is 2.85. The molecule has 0 saturated carbocycles. The lowest BCUT2D eigenvalue weighted by molar-refractivity contribution is -0.0570. The van der Waals surface area contributed by atoms with Gasteiger partial charge in [0.25, 0.3) is 0 Å². The lowest BCUT2D eigenvalue weighted by Crippen LogP contribution is -2.36. The molecule has 0 fully saturated rings. The van der Waals surface area contributed by atoms with Gasteiger partial charge in [-0.2, -0.15) is 0 Å². The van der Waals surface area contributed by atoms with Crippen molar-refractivity contribution < 1.29 is 9.84 Å². The summed E-state index contributed by atoms with van der Waals surface area (Å²) in [6.07, 6.45) is 1.84. The Balaban J connectivity index is 1.88. The molecule has 0 aromatic heterocycles. The molecular formula is C17H27NO2. The van der Waals surface area contributed by atoms with Crippen LogP contribution in [0.2, 0.25) is 0 Å². The summed E-state index contributed by atoms with van der Waals surface area (Å²) in [6.45, 7) is 7.07. The largest absolute Gasteiger partial charge is 0.389 e. The van der Waals surface area contributed by atoms with Crippen molar-refractivity contribution >= 4 is 0 Å². The van der Waals surface area contributed by atoms with Gasteiger partial charge in [0, 0.05) is 12.6 Å². The Kier molecular flexibility index (Phi) is 4.84. The van der Waals surface area contributed by atoms with Crippen molar-refractivity contribution in [1.29, 1.82) is 0 Å². The van der Waals surface area contributed by atoms with Gasteiger partial charge in [0.15, 0.2) is 0 Å². The molecule has 20 heavy (non-hydrogen) atoms. The van der Waals surface area contributed by atoms with Crippen LogP contribution < -0.4 is 0 Å². The predicted octanol–water partition coefficient (Wildman–Crippen LogP) is 2.78. The van der Waals surface area contributed by atoms with Crippen molar-refractivity contribution in [2.75, 3.05) is 20.2 Å². The number of ether oxygens (including phenoxy) is 1. The van der Waals surface area contributed by atoms with Crippen LogP contribution in [0.4, 0.5) is 0 Å². The van der Waals surface area contributed by atoms with Crippen LogP contribution in [0.25, 0.3) is 0 Å². The number of aliphatic hydroxyl groups excluding tert-OH is 1. The fourth-order valence-corrected chi connectivity index (χ4v) is 2.85. The first kappa shape index (κ1) is 15.5. The Bertz CT molecular complexity index is 439. The summed E-state index contributed by atoms with van der Waals surface area (Å²) in [5.41, 5.74) is 2.67. The Morgan fingerprint density at radius 2 is 2.05 bits per heavy atom. The molecule has 3 nitrogen and oxygen atoms in total. The number of aliphatic hydroxyl groups is 1. The van der Waals surface area contributed by atoms with Crippen molar-refractivity contribution in [3.63, 3.8) is 0 Å². The average Bonchev–Trinajstić information content (AvgIpc) is 2.79. The van der Waals surface area contributed by atoms with Crippen LogP contribution in [0.15, 0.2) is 24.3 Å². The van der Waals surface area contributed by atoms with E-state index in [-0.39, 0.29) is 5.60 Å². The molecule has 0 aliphatic heterocycles. The van der Waals surface area contributed by atoms with Gasteiger partial charge in [-0.1, -0.05) is 24.3 Å². The number of nitrogens with zero attached hydrogens (tertiary/aromatic N) is 1. The summed E-state index contributed by atoms with van der Waals surface area (Å²) in [5.74, 6) is 0. The molecule has 0 spiro atoms. The summed E-state index contributed by atoms with van der Waals surface area (Å²) in [5, 5.41) is 10.1. The van der Waals surface area contributed by atoms with Crippen molar-refractivity contribution in [2.24, 2.45) is 0 Å². The number of likely N-dealkylation sites (N-methyl/N-ethyl adjacent to an activating group) is 1. The summed E-state index contributed by atoms with van der Waals surface area (Å²) in [4.78, 5) is 2.25. The van der Waals surface area contributed by atoms with E-state index in [1.165, 1.54) is 11.1 Å². The standard InChI is InChI=1S/C17H27NO2/c1-17(2,3)20-12-14(19)11-18(4)16-10-9-13-7-5-6-8-15(13)16/h5-8,14,16,19H,9-12H2,1-4H3. The summed E-state index contributed by atoms with van der Waals surface area (Å²) in [6, 6.07) is 9.05. The third-order valence-corrected chi connectivity index (χ3v) is 3.84. The fraction of sp³-hybridized carbons (Fsp3) is 0.647. The molecule has 3 heteroatoms. The van der Waals surface area contributed by atoms with E-state index in [0.717, 1.165) is 12.8 Å². The second-order valence-electron chi connectivity index (χ2n) is 6.77. The molecule has 1 aliphatic rings. The zero-order chi connectivity index (χ0) is 14.8. The van der Waals surface area contributed by atoms with Gasteiger partial charge >= 0.3 is 0 Å². The minimum Gasteiger partial charge on any atom is -0.389 e. The van der Waals surface area contributed by atoms with Crippen LogP contribution in [0.3, 0.4) is 0 Å². The van der Waals surface area contributed by atoms with E-state index in [0.29, 0.717) is 19.2 Å². The molecule has 2 unspecified atom stereocenters. The number of hydrogen-bond donors (Lipinski definition) is 1. The molecule has 1 aliphatic carbocycles. The second kappa shape index (κ2) is 6.25. The maximum absolute atomic E-state index is 10.1. The van der Waals surface area contributed by atoms with E-state index in [1.54, 1.807) is 0 Å². The molecule has 2 atom stereocenters. The Morgan fingerprint density at radius 1 is 1.35 bits per heavy atom. The molecule has 1 aromatic carbocycles. The maximum Gasteiger partial charge on any atom is 0.0900 e. The van der Waals surface area contributed by atoms with E-state index in [4.69, 9.17) is 4.74 Å². The first-order chi connectivity index (χ1) is 9.37. The topological polar surface area (TPSA) is 32.7 Å². The molecule has 112 valence electrons. The minimum absolute atomic E-state index is 0.195. The summed E-state index contributed by atoms with van der Waals surface area (Å²) < 4.78 is 5.65. The lowest BCUT2D eigenvalue weighted by atomic mass is 10.1. The highest BCUT2D eigenvalue weighted by atomic mass is 16.5. The van der Waals surface area contributed by atoms with E-state index in [2.05, 4.69) is 36.2 Å². The van der Waals surface area contributed by atoms with Crippen molar-refractivity contribution in [3.05, 3.63) is 35.4 Å². The van der Waals surface area contributed by atoms with Gasteiger partial charge in [0.05, 0.1) is 18.3 Å². The minimum atomic E-state index is -0.438. The summed E-state index contributed by atoms with van der Waals surface area (Å²) >= 11 is 0. The number of hydrogen-bond acceptors (Lipinski definition) is 3. The smallest absolute Gasteiger partial charge is 0.0900 e. The zero-order valence-corrected chi connectivity index (χ0v) is 13.1. The molecule has 0 heterocycles. The van der Waals surface area contributed by atoms with Crippen LogP contribution in [-0.2, 0) is 11.2 Å². The zero-order valence-electron chi connectivity index (χ0n) is 13.1. The molecule has 0 amide bonds. The van der Waals surface area contributed by atoms with Gasteiger partial charge in [0.1, 0.15) is 0 Å². The molecule has 0 bridgehead atoms. The highest BCUT2D eigenvalue weighted by molar-refractivity contribution is 5.34. The monoisotopic (exact) mass is 277 g/mol.